The van der Waals surface area contributed by atoms with Gasteiger partial charge in [-0.05, 0) is 37.8 Å². The summed E-state index contributed by atoms with van der Waals surface area (Å²) in [6, 6.07) is 5.15. The Hall–Kier alpha value is -1.38. The summed E-state index contributed by atoms with van der Waals surface area (Å²) in [5.41, 5.74) is 1.51. The van der Waals surface area contributed by atoms with E-state index in [-0.39, 0.29) is 17.3 Å². The lowest BCUT2D eigenvalue weighted by Gasteiger charge is -2.28. The number of rotatable bonds is 3. The van der Waals surface area contributed by atoms with Crippen LogP contribution in [0.25, 0.3) is 0 Å². The van der Waals surface area contributed by atoms with Crippen LogP contribution >= 0.6 is 0 Å². The second kappa shape index (κ2) is 4.47. The maximum absolute atomic E-state index is 13.7. The molecule has 1 aliphatic rings. The fourth-order valence-electron chi connectivity index (χ4n) is 2.50. The summed E-state index contributed by atoms with van der Waals surface area (Å²) in [6.45, 7) is 3.99. The zero-order valence-electron chi connectivity index (χ0n) is 10.3. The molecule has 1 aromatic rings. The molecule has 17 heavy (non-hydrogen) atoms. The quantitative estimate of drug-likeness (QED) is 0.857. The summed E-state index contributed by atoms with van der Waals surface area (Å²) in [5.74, 6) is -0.0931. The van der Waals surface area contributed by atoms with E-state index in [0.717, 1.165) is 18.4 Å². The van der Waals surface area contributed by atoms with Crippen molar-refractivity contribution in [2.75, 3.05) is 0 Å². The second-order valence-corrected chi connectivity index (χ2v) is 4.95. The van der Waals surface area contributed by atoms with Crippen molar-refractivity contribution in [2.45, 2.75) is 45.1 Å². The Labute approximate surface area is 101 Å². The van der Waals surface area contributed by atoms with Gasteiger partial charge in [-0.15, -0.1) is 0 Å². The van der Waals surface area contributed by atoms with Crippen molar-refractivity contribution in [1.82, 2.24) is 5.32 Å². The van der Waals surface area contributed by atoms with Gasteiger partial charge in [0.2, 0.25) is 5.91 Å². The highest BCUT2D eigenvalue weighted by atomic mass is 19.1. The monoisotopic (exact) mass is 235 g/mol. The smallest absolute Gasteiger partial charge is 0.220 e. The molecule has 1 aliphatic heterocycles. The molecule has 2 nitrogen and oxygen atoms in total. The lowest BCUT2D eigenvalue weighted by atomic mass is 9.86. The van der Waals surface area contributed by atoms with E-state index in [4.69, 9.17) is 0 Å². The first-order chi connectivity index (χ1) is 8.04. The Balaban J connectivity index is 2.24. The van der Waals surface area contributed by atoms with Crippen molar-refractivity contribution in [3.63, 3.8) is 0 Å². The molecule has 92 valence electrons. The summed E-state index contributed by atoms with van der Waals surface area (Å²) >= 11 is 0. The third-order valence-corrected chi connectivity index (χ3v) is 3.64. The molecule has 0 aliphatic carbocycles. The average Bonchev–Trinajstić information content (AvgIpc) is 2.66. The predicted octanol–water partition coefficient (Wildman–Crippen LogP) is 2.74. The van der Waals surface area contributed by atoms with E-state index in [1.807, 2.05) is 19.9 Å². The Morgan fingerprint density at radius 2 is 2.24 bits per heavy atom. The first kappa shape index (κ1) is 12.1. The highest BCUT2D eigenvalue weighted by Crippen LogP contribution is 2.29. The fourth-order valence-corrected chi connectivity index (χ4v) is 2.50. The summed E-state index contributed by atoms with van der Waals surface area (Å²) in [5, 5.41) is 3.01. The minimum Gasteiger partial charge on any atom is -0.350 e. The van der Waals surface area contributed by atoms with Crippen molar-refractivity contribution in [1.29, 1.82) is 0 Å². The van der Waals surface area contributed by atoms with Gasteiger partial charge in [-0.1, -0.05) is 24.6 Å². The molecular formula is C14H18FNO. The van der Waals surface area contributed by atoms with Crippen LogP contribution in [0.5, 0.6) is 0 Å². The molecule has 3 heteroatoms. The summed E-state index contributed by atoms with van der Waals surface area (Å²) < 4.78 is 13.7. The van der Waals surface area contributed by atoms with Crippen LogP contribution in [0, 0.1) is 12.7 Å². The van der Waals surface area contributed by atoms with Gasteiger partial charge in [0, 0.05) is 12.0 Å². The number of halogens is 1. The molecule has 1 unspecified atom stereocenters. The number of amides is 1. The maximum Gasteiger partial charge on any atom is 0.220 e. The van der Waals surface area contributed by atoms with E-state index in [0.29, 0.717) is 18.4 Å². The number of benzene rings is 1. The number of hydrogen-bond acceptors (Lipinski definition) is 1. The summed E-state index contributed by atoms with van der Waals surface area (Å²) in [7, 11) is 0. The van der Waals surface area contributed by atoms with Gasteiger partial charge < -0.3 is 5.32 Å². The van der Waals surface area contributed by atoms with Crippen LogP contribution in [0.1, 0.15) is 37.3 Å². The van der Waals surface area contributed by atoms with E-state index in [1.54, 1.807) is 6.07 Å². The molecule has 1 heterocycles. The topological polar surface area (TPSA) is 29.1 Å². The largest absolute Gasteiger partial charge is 0.350 e. The zero-order chi connectivity index (χ0) is 12.5. The maximum atomic E-state index is 13.7. The van der Waals surface area contributed by atoms with Gasteiger partial charge in [-0.25, -0.2) is 4.39 Å². The van der Waals surface area contributed by atoms with Crippen LogP contribution in [0.15, 0.2) is 18.2 Å². The fraction of sp³-hybridized carbons (Fsp3) is 0.500. The van der Waals surface area contributed by atoms with Crippen LogP contribution in [0.2, 0.25) is 0 Å². The minimum atomic E-state index is -0.244. The molecule has 0 radical (unpaired) electrons. The van der Waals surface area contributed by atoms with Crippen LogP contribution in [0.4, 0.5) is 4.39 Å². The number of nitrogens with one attached hydrogen (secondary N) is 1. The molecule has 0 spiro atoms. The van der Waals surface area contributed by atoms with Crippen molar-refractivity contribution in [3.05, 3.63) is 35.1 Å². The Morgan fingerprint density at radius 1 is 1.47 bits per heavy atom. The van der Waals surface area contributed by atoms with Crippen molar-refractivity contribution >= 4 is 5.91 Å². The molecule has 1 atom stereocenters. The standard InChI is InChI=1S/C14H18FNO/c1-3-14(7-6-13(17)16-14)9-11-8-10(2)4-5-12(11)15/h4-5,8H,3,6-7,9H2,1-2H3,(H,16,17). The van der Waals surface area contributed by atoms with E-state index in [2.05, 4.69) is 5.32 Å². The highest BCUT2D eigenvalue weighted by molar-refractivity contribution is 5.79. The Bertz CT molecular complexity index is 444. The molecule has 1 N–H and O–H groups in total. The minimum absolute atomic E-state index is 0.0833. The summed E-state index contributed by atoms with van der Waals surface area (Å²) in [6.07, 6.45) is 2.78. The molecule has 0 saturated carbocycles. The molecule has 1 amide bonds. The second-order valence-electron chi connectivity index (χ2n) is 4.95. The van der Waals surface area contributed by atoms with Crippen LogP contribution in [-0.4, -0.2) is 11.4 Å². The Kier molecular flexibility index (Phi) is 3.18. The number of hydrogen-bond donors (Lipinski definition) is 1. The first-order valence-corrected chi connectivity index (χ1v) is 6.11. The van der Waals surface area contributed by atoms with Gasteiger partial charge in [0.1, 0.15) is 5.82 Å². The van der Waals surface area contributed by atoms with E-state index < -0.39 is 0 Å². The predicted molar refractivity (Wildman–Crippen MR) is 65.2 cm³/mol. The van der Waals surface area contributed by atoms with E-state index in [1.165, 1.54) is 6.07 Å². The molecular weight excluding hydrogens is 217 g/mol. The zero-order valence-corrected chi connectivity index (χ0v) is 10.3. The van der Waals surface area contributed by atoms with Crippen molar-refractivity contribution < 1.29 is 9.18 Å². The molecule has 1 saturated heterocycles. The van der Waals surface area contributed by atoms with Gasteiger partial charge in [-0.3, -0.25) is 4.79 Å². The van der Waals surface area contributed by atoms with E-state index in [9.17, 15) is 9.18 Å². The van der Waals surface area contributed by atoms with Gasteiger partial charge in [0.15, 0.2) is 0 Å². The molecule has 1 aromatic carbocycles. The third kappa shape index (κ3) is 2.48. The van der Waals surface area contributed by atoms with Gasteiger partial charge in [-0.2, -0.15) is 0 Å². The summed E-state index contributed by atoms with van der Waals surface area (Å²) in [4.78, 5) is 11.4. The van der Waals surface area contributed by atoms with Crippen LogP contribution in [-0.2, 0) is 11.2 Å². The average molecular weight is 235 g/mol. The van der Waals surface area contributed by atoms with Crippen LogP contribution < -0.4 is 5.32 Å². The van der Waals surface area contributed by atoms with Crippen LogP contribution in [0.3, 0.4) is 0 Å². The number of aryl methyl sites for hydroxylation is 1. The molecule has 0 aromatic heterocycles. The Morgan fingerprint density at radius 3 is 2.82 bits per heavy atom. The first-order valence-electron chi connectivity index (χ1n) is 6.11. The molecule has 1 fully saturated rings. The van der Waals surface area contributed by atoms with Gasteiger partial charge in [0.25, 0.3) is 0 Å². The SMILES string of the molecule is CCC1(Cc2cc(C)ccc2F)CCC(=O)N1. The lowest BCUT2D eigenvalue weighted by Crippen LogP contribution is -2.43. The van der Waals surface area contributed by atoms with Crippen molar-refractivity contribution in [3.8, 4) is 0 Å². The van der Waals surface area contributed by atoms with Gasteiger partial charge in [0.05, 0.1) is 0 Å². The van der Waals surface area contributed by atoms with Crippen molar-refractivity contribution in [2.24, 2.45) is 0 Å². The third-order valence-electron chi connectivity index (χ3n) is 3.64. The normalized spacial score (nSPS) is 23.8. The highest BCUT2D eigenvalue weighted by Gasteiger charge is 2.36. The molecule has 2 rings (SSSR count). The van der Waals surface area contributed by atoms with Gasteiger partial charge >= 0.3 is 0 Å². The number of carbonyl (C=O) groups excluding carboxylic acids is 1. The lowest BCUT2D eigenvalue weighted by molar-refractivity contribution is -0.119. The molecule has 0 bridgehead atoms. The van der Waals surface area contributed by atoms with E-state index >= 15 is 0 Å². The number of carbonyl (C=O) groups is 1.